The number of nitrogens with zero attached hydrogens (tertiary/aromatic N) is 1. The first kappa shape index (κ1) is 21.0. The lowest BCUT2D eigenvalue weighted by Gasteiger charge is -2.12. The molecule has 0 saturated carbocycles. The van der Waals surface area contributed by atoms with Crippen molar-refractivity contribution >= 4 is 33.0 Å². The van der Waals surface area contributed by atoms with Gasteiger partial charge in [0.25, 0.3) is 21.6 Å². The van der Waals surface area contributed by atoms with Gasteiger partial charge in [0.05, 0.1) is 15.5 Å². The fraction of sp³-hybridized carbons (Fsp3) is 0.0952. The van der Waals surface area contributed by atoms with E-state index in [1.54, 1.807) is 31.2 Å². The molecule has 0 heterocycles. The maximum absolute atomic E-state index is 12.6. The molecule has 0 aliphatic heterocycles. The highest BCUT2D eigenvalue weighted by molar-refractivity contribution is 7.92. The smallest absolute Gasteiger partial charge is 0.271 e. The van der Waals surface area contributed by atoms with E-state index in [2.05, 4.69) is 10.0 Å². The van der Waals surface area contributed by atoms with E-state index in [0.29, 0.717) is 11.3 Å². The SMILES string of the molecule is Cc1ccc(S(=O)(=O)Nc2ccc(C(=O)Nc3cccc([N+](=O)[O-])c3)cc2C)cc1. The Morgan fingerprint density at radius 2 is 1.67 bits per heavy atom. The minimum absolute atomic E-state index is 0.134. The Morgan fingerprint density at radius 1 is 0.967 bits per heavy atom. The van der Waals surface area contributed by atoms with Crippen LogP contribution < -0.4 is 10.0 Å². The highest BCUT2D eigenvalue weighted by Crippen LogP contribution is 2.23. The molecule has 0 spiro atoms. The maximum atomic E-state index is 12.6. The number of hydrogen-bond donors (Lipinski definition) is 2. The Morgan fingerprint density at radius 3 is 2.30 bits per heavy atom. The molecule has 3 aromatic rings. The molecule has 0 radical (unpaired) electrons. The van der Waals surface area contributed by atoms with E-state index < -0.39 is 20.9 Å². The van der Waals surface area contributed by atoms with Gasteiger partial charge in [0, 0.05) is 23.4 Å². The Kier molecular flexibility index (Phi) is 5.84. The molecule has 0 bridgehead atoms. The van der Waals surface area contributed by atoms with Crippen LogP contribution in [0.5, 0.6) is 0 Å². The fourth-order valence-corrected chi connectivity index (χ4v) is 3.87. The van der Waals surface area contributed by atoms with Crippen LogP contribution >= 0.6 is 0 Å². The number of carbonyl (C=O) groups is 1. The quantitative estimate of drug-likeness (QED) is 0.452. The van der Waals surface area contributed by atoms with Gasteiger partial charge in [0.2, 0.25) is 0 Å². The van der Waals surface area contributed by atoms with E-state index in [9.17, 15) is 23.3 Å². The van der Waals surface area contributed by atoms with Crippen molar-refractivity contribution in [1.29, 1.82) is 0 Å². The number of rotatable bonds is 6. The third-order valence-corrected chi connectivity index (χ3v) is 5.76. The first-order chi connectivity index (χ1) is 14.2. The second-order valence-electron chi connectivity index (χ2n) is 6.71. The van der Waals surface area contributed by atoms with Gasteiger partial charge in [0.15, 0.2) is 0 Å². The van der Waals surface area contributed by atoms with E-state index >= 15 is 0 Å². The lowest BCUT2D eigenvalue weighted by Crippen LogP contribution is -2.15. The van der Waals surface area contributed by atoms with Crippen LogP contribution in [0.4, 0.5) is 17.1 Å². The molecule has 1 amide bonds. The van der Waals surface area contributed by atoms with Gasteiger partial charge in [-0.1, -0.05) is 23.8 Å². The summed E-state index contributed by atoms with van der Waals surface area (Å²) in [5.74, 6) is -0.466. The minimum Gasteiger partial charge on any atom is -0.322 e. The fourth-order valence-electron chi connectivity index (χ4n) is 2.74. The predicted octanol–water partition coefficient (Wildman–Crippen LogP) is 4.26. The molecule has 8 nitrogen and oxygen atoms in total. The molecular formula is C21H19N3O5S. The molecule has 30 heavy (non-hydrogen) atoms. The molecule has 0 unspecified atom stereocenters. The first-order valence-corrected chi connectivity index (χ1v) is 10.4. The molecule has 0 aliphatic rings. The van der Waals surface area contributed by atoms with Gasteiger partial charge in [0.1, 0.15) is 0 Å². The molecule has 0 aliphatic carbocycles. The summed E-state index contributed by atoms with van der Waals surface area (Å²) in [6.07, 6.45) is 0. The van der Waals surface area contributed by atoms with Crippen molar-refractivity contribution in [3.8, 4) is 0 Å². The van der Waals surface area contributed by atoms with Crippen molar-refractivity contribution in [3.05, 3.63) is 93.5 Å². The molecule has 3 aromatic carbocycles. The van der Waals surface area contributed by atoms with E-state index in [0.717, 1.165) is 5.56 Å². The lowest BCUT2D eigenvalue weighted by molar-refractivity contribution is -0.384. The zero-order valence-corrected chi connectivity index (χ0v) is 17.1. The Balaban J connectivity index is 1.78. The third kappa shape index (κ3) is 4.81. The van der Waals surface area contributed by atoms with Gasteiger partial charge in [-0.05, 0) is 55.8 Å². The van der Waals surface area contributed by atoms with E-state index in [1.165, 1.54) is 42.5 Å². The number of nitrogens with one attached hydrogen (secondary N) is 2. The summed E-state index contributed by atoms with van der Waals surface area (Å²) in [4.78, 5) is 22.9. The molecule has 2 N–H and O–H groups in total. The number of nitro groups is 1. The molecule has 0 saturated heterocycles. The molecule has 0 fully saturated rings. The molecular weight excluding hydrogens is 406 g/mol. The normalized spacial score (nSPS) is 11.0. The summed E-state index contributed by atoms with van der Waals surface area (Å²) >= 11 is 0. The van der Waals surface area contributed by atoms with E-state index in [1.807, 2.05) is 6.92 Å². The molecule has 9 heteroatoms. The Labute approximate surface area is 173 Å². The summed E-state index contributed by atoms with van der Waals surface area (Å²) < 4.78 is 27.7. The number of carbonyl (C=O) groups excluding carboxylic acids is 1. The topological polar surface area (TPSA) is 118 Å². The van der Waals surface area contributed by atoms with Crippen molar-refractivity contribution in [2.45, 2.75) is 18.7 Å². The van der Waals surface area contributed by atoms with Crippen LogP contribution in [0.3, 0.4) is 0 Å². The van der Waals surface area contributed by atoms with Gasteiger partial charge in [-0.15, -0.1) is 0 Å². The summed E-state index contributed by atoms with van der Waals surface area (Å²) in [7, 11) is -3.76. The predicted molar refractivity (Wildman–Crippen MR) is 114 cm³/mol. The number of sulfonamides is 1. The molecule has 0 aromatic heterocycles. The van der Waals surface area contributed by atoms with E-state index in [-0.39, 0.29) is 21.8 Å². The van der Waals surface area contributed by atoms with Gasteiger partial charge in [-0.3, -0.25) is 19.6 Å². The average Bonchev–Trinajstić information content (AvgIpc) is 2.70. The van der Waals surface area contributed by atoms with Crippen LogP contribution in [0.15, 0.2) is 71.6 Å². The summed E-state index contributed by atoms with van der Waals surface area (Å²) in [6.45, 7) is 3.54. The molecule has 154 valence electrons. The maximum Gasteiger partial charge on any atom is 0.271 e. The van der Waals surface area contributed by atoms with Crippen molar-refractivity contribution in [3.63, 3.8) is 0 Å². The number of hydrogen-bond acceptors (Lipinski definition) is 5. The Hall–Kier alpha value is -3.72. The zero-order chi connectivity index (χ0) is 21.9. The number of nitro benzene ring substituents is 1. The van der Waals surface area contributed by atoms with Crippen molar-refractivity contribution < 1.29 is 18.1 Å². The van der Waals surface area contributed by atoms with Gasteiger partial charge in [-0.2, -0.15) is 0 Å². The van der Waals surface area contributed by atoms with Crippen LogP contribution in [-0.2, 0) is 10.0 Å². The highest BCUT2D eigenvalue weighted by Gasteiger charge is 2.16. The minimum atomic E-state index is -3.76. The van der Waals surface area contributed by atoms with Crippen molar-refractivity contribution in [2.24, 2.45) is 0 Å². The average molecular weight is 425 g/mol. The Bertz CT molecular complexity index is 1220. The van der Waals surface area contributed by atoms with Crippen LogP contribution in [-0.4, -0.2) is 19.2 Å². The monoisotopic (exact) mass is 425 g/mol. The largest absolute Gasteiger partial charge is 0.322 e. The summed E-state index contributed by atoms with van der Waals surface area (Å²) in [5.41, 5.74) is 2.29. The van der Waals surface area contributed by atoms with Crippen LogP contribution in [0, 0.1) is 24.0 Å². The lowest BCUT2D eigenvalue weighted by atomic mass is 10.1. The van der Waals surface area contributed by atoms with Crippen molar-refractivity contribution in [1.82, 2.24) is 0 Å². The number of amides is 1. The second-order valence-corrected chi connectivity index (χ2v) is 8.39. The standard InChI is InChI=1S/C21H19N3O5S/c1-14-6-9-19(10-7-14)30(28,29)23-20-11-8-16(12-15(20)2)21(25)22-17-4-3-5-18(13-17)24(26)27/h3-13,23H,1-2H3,(H,22,25). The number of aryl methyl sites for hydroxylation is 2. The zero-order valence-electron chi connectivity index (χ0n) is 16.2. The molecule has 0 atom stereocenters. The summed E-state index contributed by atoms with van der Waals surface area (Å²) in [5, 5.41) is 13.5. The van der Waals surface area contributed by atoms with Gasteiger partial charge < -0.3 is 5.32 Å². The second kappa shape index (κ2) is 8.34. The number of anilines is 2. The van der Waals surface area contributed by atoms with Crippen LogP contribution in [0.25, 0.3) is 0 Å². The number of benzene rings is 3. The third-order valence-electron chi connectivity index (χ3n) is 4.38. The van der Waals surface area contributed by atoms with E-state index in [4.69, 9.17) is 0 Å². The summed E-state index contributed by atoms with van der Waals surface area (Å²) in [6, 6.07) is 16.6. The van der Waals surface area contributed by atoms with Crippen molar-refractivity contribution in [2.75, 3.05) is 10.0 Å². The van der Waals surface area contributed by atoms with Crippen LogP contribution in [0.2, 0.25) is 0 Å². The van der Waals surface area contributed by atoms with Gasteiger partial charge >= 0.3 is 0 Å². The number of non-ortho nitro benzene ring substituents is 1. The van der Waals surface area contributed by atoms with Gasteiger partial charge in [-0.25, -0.2) is 8.42 Å². The molecule has 3 rings (SSSR count). The van der Waals surface area contributed by atoms with Crippen LogP contribution in [0.1, 0.15) is 21.5 Å². The first-order valence-electron chi connectivity index (χ1n) is 8.92. The highest BCUT2D eigenvalue weighted by atomic mass is 32.2.